The number of carbonyl (C=O) groups is 1. The minimum atomic E-state index is -0.340. The van der Waals surface area contributed by atoms with Gasteiger partial charge in [0.05, 0.1) is 19.5 Å². The van der Waals surface area contributed by atoms with Crippen LogP contribution < -0.4 is 4.74 Å². The molecular weight excluding hydrogens is 590 g/mol. The number of benzene rings is 3. The van der Waals surface area contributed by atoms with Crippen molar-refractivity contribution in [3.63, 3.8) is 0 Å². The Hall–Kier alpha value is -2.49. The number of rotatable bonds is 6. The molecule has 9 heteroatoms. The molecule has 0 spiro atoms. The summed E-state index contributed by atoms with van der Waals surface area (Å²) in [5.74, 6) is -0.175. The number of amides is 1. The number of ether oxygens (including phenoxy) is 1. The number of likely N-dealkylation sites (N-methyl/N-ethyl adjacent to an activating group) is 1. The molecule has 1 amide bonds. The lowest BCUT2D eigenvalue weighted by atomic mass is 10.2. The standard InChI is InChI=1S/C25H18Br2F2N2O2S/c1-2-31-24(32)22(34-25(31)30-19-9-7-18(29)8-10-19)13-16-11-20(26)23(21(27)12-16)33-14-15-3-5-17(28)6-4-15/h3-13H,2,14H2,1H3/b22-13+,30-25?. The Kier molecular flexibility index (Phi) is 7.85. The molecule has 4 rings (SSSR count). The first-order chi connectivity index (χ1) is 16.3. The fourth-order valence-electron chi connectivity index (χ4n) is 3.18. The highest BCUT2D eigenvalue weighted by atomic mass is 79.9. The van der Waals surface area contributed by atoms with Crippen LogP contribution in [0.5, 0.6) is 5.75 Å². The third-order valence-electron chi connectivity index (χ3n) is 4.87. The number of nitrogens with zero attached hydrogens (tertiary/aromatic N) is 2. The van der Waals surface area contributed by atoms with E-state index in [1.807, 2.05) is 19.1 Å². The number of carbonyl (C=O) groups excluding carboxylic acids is 1. The van der Waals surface area contributed by atoms with Crippen molar-refractivity contribution in [2.75, 3.05) is 6.54 Å². The summed E-state index contributed by atoms with van der Waals surface area (Å²) >= 11 is 8.34. The summed E-state index contributed by atoms with van der Waals surface area (Å²) in [6.45, 7) is 2.62. The van der Waals surface area contributed by atoms with Gasteiger partial charge in [-0.05, 0) is 116 Å². The van der Waals surface area contributed by atoms with Crippen molar-refractivity contribution in [3.8, 4) is 5.75 Å². The van der Waals surface area contributed by atoms with Crippen LogP contribution in [0.1, 0.15) is 18.1 Å². The Morgan fingerprint density at radius 2 is 1.59 bits per heavy atom. The van der Waals surface area contributed by atoms with Gasteiger partial charge in [-0.25, -0.2) is 13.8 Å². The third-order valence-corrected chi connectivity index (χ3v) is 7.06. The molecule has 34 heavy (non-hydrogen) atoms. The zero-order chi connectivity index (χ0) is 24.2. The molecule has 0 N–H and O–H groups in total. The van der Waals surface area contributed by atoms with E-state index in [2.05, 4.69) is 36.9 Å². The molecule has 0 unspecified atom stereocenters. The van der Waals surface area contributed by atoms with Crippen molar-refractivity contribution in [3.05, 3.63) is 97.3 Å². The molecule has 0 bridgehead atoms. The van der Waals surface area contributed by atoms with Gasteiger partial charge >= 0.3 is 0 Å². The van der Waals surface area contributed by atoms with Gasteiger partial charge in [-0.15, -0.1) is 0 Å². The van der Waals surface area contributed by atoms with Gasteiger partial charge in [0.2, 0.25) is 0 Å². The van der Waals surface area contributed by atoms with E-state index in [4.69, 9.17) is 4.74 Å². The number of amidine groups is 1. The zero-order valence-corrected chi connectivity index (χ0v) is 21.9. The molecule has 0 radical (unpaired) electrons. The van der Waals surface area contributed by atoms with E-state index >= 15 is 0 Å². The summed E-state index contributed by atoms with van der Waals surface area (Å²) < 4.78 is 33.6. The van der Waals surface area contributed by atoms with Gasteiger partial charge in [0.1, 0.15) is 24.0 Å². The molecule has 1 aliphatic heterocycles. The van der Waals surface area contributed by atoms with E-state index in [9.17, 15) is 13.6 Å². The first-order valence-corrected chi connectivity index (χ1v) is 12.7. The average molecular weight is 608 g/mol. The Bertz CT molecular complexity index is 1260. The molecule has 0 saturated carbocycles. The van der Waals surface area contributed by atoms with E-state index in [1.165, 1.54) is 36.0 Å². The highest BCUT2D eigenvalue weighted by molar-refractivity contribution is 9.11. The van der Waals surface area contributed by atoms with Crippen LogP contribution in [0.4, 0.5) is 14.5 Å². The van der Waals surface area contributed by atoms with E-state index < -0.39 is 0 Å². The maximum Gasteiger partial charge on any atom is 0.266 e. The molecule has 1 aliphatic rings. The summed E-state index contributed by atoms with van der Waals surface area (Å²) in [4.78, 5) is 19.6. The van der Waals surface area contributed by atoms with E-state index in [1.54, 1.807) is 35.2 Å². The van der Waals surface area contributed by atoms with Crippen molar-refractivity contribution in [1.29, 1.82) is 0 Å². The number of hydrogen-bond acceptors (Lipinski definition) is 4. The lowest BCUT2D eigenvalue weighted by molar-refractivity contribution is -0.122. The van der Waals surface area contributed by atoms with E-state index in [0.717, 1.165) is 11.1 Å². The Morgan fingerprint density at radius 1 is 1.00 bits per heavy atom. The third kappa shape index (κ3) is 5.76. The second kappa shape index (κ2) is 10.8. The molecule has 3 aromatic rings. The predicted octanol–water partition coefficient (Wildman–Crippen LogP) is 7.69. The largest absolute Gasteiger partial charge is 0.487 e. The first kappa shape index (κ1) is 24.6. The number of thioether (sulfide) groups is 1. The van der Waals surface area contributed by atoms with Crippen LogP contribution in [0.2, 0.25) is 0 Å². The summed E-state index contributed by atoms with van der Waals surface area (Å²) in [5.41, 5.74) is 2.21. The van der Waals surface area contributed by atoms with Crippen LogP contribution in [-0.4, -0.2) is 22.5 Å². The molecule has 0 aromatic heterocycles. The first-order valence-electron chi connectivity index (χ1n) is 10.3. The van der Waals surface area contributed by atoms with Crippen LogP contribution in [0.25, 0.3) is 6.08 Å². The van der Waals surface area contributed by atoms with Crippen LogP contribution in [-0.2, 0) is 11.4 Å². The summed E-state index contributed by atoms with van der Waals surface area (Å²) in [5, 5.41) is 0.544. The molecule has 3 aromatic carbocycles. The molecular formula is C25H18Br2F2N2O2S. The van der Waals surface area contributed by atoms with Gasteiger partial charge in [-0.3, -0.25) is 9.69 Å². The van der Waals surface area contributed by atoms with Crippen molar-refractivity contribution < 1.29 is 18.3 Å². The monoisotopic (exact) mass is 606 g/mol. The van der Waals surface area contributed by atoms with Crippen molar-refractivity contribution >= 4 is 66.5 Å². The highest BCUT2D eigenvalue weighted by Gasteiger charge is 2.32. The van der Waals surface area contributed by atoms with E-state index in [0.29, 0.717) is 37.0 Å². The number of aliphatic imine (C=N–C) groups is 1. The fourth-order valence-corrected chi connectivity index (χ4v) is 5.70. The molecule has 4 nitrogen and oxygen atoms in total. The SMILES string of the molecule is CCN1C(=O)/C(=C\c2cc(Br)c(OCc3ccc(F)cc3)c(Br)c2)SC1=Nc1ccc(F)cc1. The number of hydrogen-bond donors (Lipinski definition) is 0. The van der Waals surface area contributed by atoms with Gasteiger partial charge in [0.25, 0.3) is 5.91 Å². The molecule has 0 aliphatic carbocycles. The zero-order valence-electron chi connectivity index (χ0n) is 17.9. The lowest BCUT2D eigenvalue weighted by Gasteiger charge is -2.12. The van der Waals surface area contributed by atoms with Crippen molar-refractivity contribution in [1.82, 2.24) is 4.90 Å². The van der Waals surface area contributed by atoms with Gasteiger partial charge in [0.15, 0.2) is 5.17 Å². The molecule has 0 atom stereocenters. The maximum atomic E-state index is 13.2. The van der Waals surface area contributed by atoms with Crippen molar-refractivity contribution in [2.24, 2.45) is 4.99 Å². The van der Waals surface area contributed by atoms with Gasteiger partial charge in [0, 0.05) is 6.54 Å². The predicted molar refractivity (Wildman–Crippen MR) is 139 cm³/mol. The van der Waals surface area contributed by atoms with Crippen LogP contribution in [0.3, 0.4) is 0 Å². The minimum Gasteiger partial charge on any atom is -0.487 e. The molecule has 1 saturated heterocycles. The number of halogens is 4. The summed E-state index contributed by atoms with van der Waals surface area (Å²) in [6.07, 6.45) is 1.79. The normalized spacial score (nSPS) is 16.0. The quantitative estimate of drug-likeness (QED) is 0.270. The second-order valence-electron chi connectivity index (χ2n) is 7.26. The van der Waals surface area contributed by atoms with Crippen molar-refractivity contribution in [2.45, 2.75) is 13.5 Å². The van der Waals surface area contributed by atoms with Gasteiger partial charge < -0.3 is 4.74 Å². The van der Waals surface area contributed by atoms with Crippen LogP contribution in [0.15, 0.2) is 79.5 Å². The summed E-state index contributed by atoms with van der Waals surface area (Å²) in [7, 11) is 0. The second-order valence-corrected chi connectivity index (χ2v) is 9.98. The Labute approximate surface area is 217 Å². The molecule has 1 heterocycles. The fraction of sp³-hybridized carbons (Fsp3) is 0.120. The molecule has 174 valence electrons. The maximum absolute atomic E-state index is 13.2. The Balaban J connectivity index is 1.55. The highest BCUT2D eigenvalue weighted by Crippen LogP contribution is 2.38. The van der Waals surface area contributed by atoms with Gasteiger partial charge in [-0.2, -0.15) is 0 Å². The topological polar surface area (TPSA) is 41.9 Å². The smallest absolute Gasteiger partial charge is 0.266 e. The van der Waals surface area contributed by atoms with Crippen LogP contribution >= 0.6 is 43.6 Å². The summed E-state index contributed by atoms with van der Waals surface area (Å²) in [6, 6.07) is 15.7. The molecule has 1 fully saturated rings. The Morgan fingerprint density at radius 3 is 2.18 bits per heavy atom. The lowest BCUT2D eigenvalue weighted by Crippen LogP contribution is -2.28. The van der Waals surface area contributed by atoms with Crippen LogP contribution in [0, 0.1) is 11.6 Å². The van der Waals surface area contributed by atoms with E-state index in [-0.39, 0.29) is 24.1 Å². The average Bonchev–Trinajstić information content (AvgIpc) is 3.09. The van der Waals surface area contributed by atoms with Gasteiger partial charge in [-0.1, -0.05) is 12.1 Å². The minimum absolute atomic E-state index is 0.141.